The monoisotopic (exact) mass is 314 g/mol. The van der Waals surface area contributed by atoms with Gasteiger partial charge in [-0.2, -0.15) is 5.10 Å². The fraction of sp³-hybridized carbons (Fsp3) is 0.769. The SMILES string of the molecule is CCc1nn(C)c(CN2CCN(C)C(C)C2)c1Br. The van der Waals surface area contributed by atoms with Crippen molar-refractivity contribution in [3.8, 4) is 0 Å². The quantitative estimate of drug-likeness (QED) is 0.851. The van der Waals surface area contributed by atoms with Gasteiger partial charge in [-0.25, -0.2) is 0 Å². The van der Waals surface area contributed by atoms with Crippen LogP contribution in [0.1, 0.15) is 25.2 Å². The van der Waals surface area contributed by atoms with Crippen molar-refractivity contribution < 1.29 is 0 Å². The van der Waals surface area contributed by atoms with Crippen LogP contribution < -0.4 is 0 Å². The van der Waals surface area contributed by atoms with Crippen LogP contribution in [0.15, 0.2) is 4.47 Å². The molecule has 1 aromatic heterocycles. The fourth-order valence-corrected chi connectivity index (χ4v) is 3.21. The summed E-state index contributed by atoms with van der Waals surface area (Å²) >= 11 is 3.70. The molecule has 1 aliphatic heterocycles. The van der Waals surface area contributed by atoms with E-state index in [0.29, 0.717) is 6.04 Å². The molecule has 1 aromatic rings. The Morgan fingerprint density at radius 2 is 2.06 bits per heavy atom. The van der Waals surface area contributed by atoms with Crippen molar-refractivity contribution >= 4 is 15.9 Å². The van der Waals surface area contributed by atoms with Gasteiger partial charge in [0.05, 0.1) is 15.9 Å². The summed E-state index contributed by atoms with van der Waals surface area (Å²) in [4.78, 5) is 4.94. The van der Waals surface area contributed by atoms with Crippen LogP contribution in [0.4, 0.5) is 0 Å². The van der Waals surface area contributed by atoms with E-state index in [1.54, 1.807) is 0 Å². The zero-order valence-electron chi connectivity index (χ0n) is 11.8. The van der Waals surface area contributed by atoms with Gasteiger partial charge >= 0.3 is 0 Å². The number of piperazine rings is 1. The zero-order valence-corrected chi connectivity index (χ0v) is 13.4. The van der Waals surface area contributed by atoms with Crippen LogP contribution >= 0.6 is 15.9 Å². The van der Waals surface area contributed by atoms with Crippen LogP contribution in [0, 0.1) is 0 Å². The molecule has 1 atom stereocenters. The van der Waals surface area contributed by atoms with E-state index in [-0.39, 0.29) is 0 Å². The lowest BCUT2D eigenvalue weighted by molar-refractivity contribution is 0.0980. The molecule has 1 unspecified atom stereocenters. The lowest BCUT2D eigenvalue weighted by Gasteiger charge is -2.37. The summed E-state index contributed by atoms with van der Waals surface area (Å²) in [5, 5.41) is 4.56. The van der Waals surface area contributed by atoms with E-state index >= 15 is 0 Å². The first-order valence-corrected chi connectivity index (χ1v) is 7.45. The molecular weight excluding hydrogens is 292 g/mol. The topological polar surface area (TPSA) is 24.3 Å². The van der Waals surface area contributed by atoms with Crippen molar-refractivity contribution in [3.05, 3.63) is 15.9 Å². The van der Waals surface area contributed by atoms with E-state index in [4.69, 9.17) is 0 Å². The summed E-state index contributed by atoms with van der Waals surface area (Å²) in [6, 6.07) is 0.636. The molecule has 0 bridgehead atoms. The number of hydrogen-bond acceptors (Lipinski definition) is 3. The molecule has 2 heterocycles. The van der Waals surface area contributed by atoms with Crippen molar-refractivity contribution in [1.82, 2.24) is 19.6 Å². The summed E-state index contributed by atoms with van der Waals surface area (Å²) in [6.45, 7) is 8.85. The summed E-state index contributed by atoms with van der Waals surface area (Å²) in [5.74, 6) is 0. The predicted octanol–water partition coefficient (Wildman–Crippen LogP) is 1.88. The number of nitrogens with zero attached hydrogens (tertiary/aromatic N) is 4. The van der Waals surface area contributed by atoms with Crippen molar-refractivity contribution in [1.29, 1.82) is 0 Å². The predicted molar refractivity (Wildman–Crippen MR) is 77.7 cm³/mol. The fourth-order valence-electron chi connectivity index (χ4n) is 2.47. The van der Waals surface area contributed by atoms with Crippen LogP contribution in [0.5, 0.6) is 0 Å². The standard InChI is InChI=1S/C13H23BrN4/c1-5-11-13(14)12(17(4)15-11)9-18-7-6-16(3)10(2)8-18/h10H,5-9H2,1-4H3. The maximum atomic E-state index is 4.56. The first kappa shape index (κ1) is 14.0. The highest BCUT2D eigenvalue weighted by molar-refractivity contribution is 9.10. The first-order valence-electron chi connectivity index (χ1n) is 6.65. The number of hydrogen-bond donors (Lipinski definition) is 0. The number of halogens is 1. The Morgan fingerprint density at radius 1 is 1.33 bits per heavy atom. The van der Waals surface area contributed by atoms with E-state index in [0.717, 1.165) is 38.3 Å². The molecule has 0 aliphatic carbocycles. The highest BCUT2D eigenvalue weighted by Gasteiger charge is 2.23. The van der Waals surface area contributed by atoms with E-state index in [1.165, 1.54) is 10.2 Å². The average molecular weight is 315 g/mol. The summed E-state index contributed by atoms with van der Waals surface area (Å²) in [6.07, 6.45) is 0.980. The van der Waals surface area contributed by atoms with E-state index in [1.807, 2.05) is 11.7 Å². The molecule has 1 aliphatic rings. The van der Waals surface area contributed by atoms with Crippen LogP contribution in [0.2, 0.25) is 0 Å². The number of aromatic nitrogens is 2. The van der Waals surface area contributed by atoms with E-state index in [9.17, 15) is 0 Å². The van der Waals surface area contributed by atoms with Crippen LogP contribution in [0.3, 0.4) is 0 Å². The minimum Gasteiger partial charge on any atom is -0.301 e. The van der Waals surface area contributed by atoms with Gasteiger partial charge in [0.2, 0.25) is 0 Å². The van der Waals surface area contributed by atoms with Gasteiger partial charge in [0, 0.05) is 39.3 Å². The summed E-state index contributed by atoms with van der Waals surface area (Å²) in [7, 11) is 4.25. The molecule has 0 saturated carbocycles. The van der Waals surface area contributed by atoms with Gasteiger partial charge in [0.15, 0.2) is 0 Å². The molecule has 0 radical (unpaired) electrons. The second kappa shape index (κ2) is 5.72. The Labute approximate surface area is 118 Å². The Bertz CT molecular complexity index is 415. The van der Waals surface area contributed by atoms with Gasteiger partial charge in [0.1, 0.15) is 0 Å². The molecule has 5 heteroatoms. The molecule has 4 nitrogen and oxygen atoms in total. The third-order valence-corrected chi connectivity index (χ3v) is 4.84. The van der Waals surface area contributed by atoms with Gasteiger partial charge in [-0.3, -0.25) is 9.58 Å². The highest BCUT2D eigenvalue weighted by Crippen LogP contribution is 2.23. The molecule has 0 aromatic carbocycles. The zero-order chi connectivity index (χ0) is 13.3. The van der Waals surface area contributed by atoms with E-state index in [2.05, 4.69) is 51.7 Å². The van der Waals surface area contributed by atoms with Crippen LogP contribution in [0.25, 0.3) is 0 Å². The molecule has 2 rings (SSSR count). The van der Waals surface area contributed by atoms with Crippen molar-refractivity contribution in [3.63, 3.8) is 0 Å². The van der Waals surface area contributed by atoms with Crippen LogP contribution in [-0.4, -0.2) is 52.3 Å². The molecule has 1 saturated heterocycles. The third-order valence-electron chi connectivity index (χ3n) is 3.92. The molecule has 1 fully saturated rings. The average Bonchev–Trinajstić information content (AvgIpc) is 2.61. The minimum absolute atomic E-state index is 0.636. The maximum absolute atomic E-state index is 4.56. The Morgan fingerprint density at radius 3 is 2.61 bits per heavy atom. The molecule has 102 valence electrons. The second-order valence-electron chi connectivity index (χ2n) is 5.25. The number of rotatable bonds is 3. The second-order valence-corrected chi connectivity index (χ2v) is 6.04. The first-order chi connectivity index (χ1) is 8.52. The molecule has 0 N–H and O–H groups in total. The summed E-state index contributed by atoms with van der Waals surface area (Å²) < 4.78 is 3.21. The van der Waals surface area contributed by atoms with Crippen molar-refractivity contribution in [2.45, 2.75) is 32.9 Å². The van der Waals surface area contributed by atoms with Crippen LogP contribution in [-0.2, 0) is 20.0 Å². The molecule has 18 heavy (non-hydrogen) atoms. The van der Waals surface area contributed by atoms with Gasteiger partial charge in [-0.15, -0.1) is 0 Å². The number of likely N-dealkylation sites (N-methyl/N-ethyl adjacent to an activating group) is 1. The lowest BCUT2D eigenvalue weighted by Crippen LogP contribution is -2.49. The maximum Gasteiger partial charge on any atom is 0.0767 e. The Kier molecular flexibility index (Phi) is 4.45. The van der Waals surface area contributed by atoms with Crippen molar-refractivity contribution in [2.24, 2.45) is 7.05 Å². The Hall–Kier alpha value is -0.390. The highest BCUT2D eigenvalue weighted by atomic mass is 79.9. The minimum atomic E-state index is 0.636. The van der Waals surface area contributed by atoms with Crippen molar-refractivity contribution in [2.75, 3.05) is 26.7 Å². The molecule has 0 spiro atoms. The number of aryl methyl sites for hydroxylation is 2. The van der Waals surface area contributed by atoms with E-state index < -0.39 is 0 Å². The summed E-state index contributed by atoms with van der Waals surface area (Å²) in [5.41, 5.74) is 2.46. The Balaban J connectivity index is 2.08. The van der Waals surface area contributed by atoms with Gasteiger partial charge in [-0.1, -0.05) is 6.92 Å². The lowest BCUT2D eigenvalue weighted by atomic mass is 10.2. The third kappa shape index (κ3) is 2.78. The molecule has 0 amide bonds. The largest absolute Gasteiger partial charge is 0.301 e. The van der Waals surface area contributed by atoms with Gasteiger partial charge in [-0.05, 0) is 36.3 Å². The van der Waals surface area contributed by atoms with Gasteiger partial charge in [0.25, 0.3) is 0 Å². The molecular formula is C13H23BrN4. The normalized spacial score (nSPS) is 22.6. The van der Waals surface area contributed by atoms with Gasteiger partial charge < -0.3 is 4.90 Å². The smallest absolute Gasteiger partial charge is 0.0767 e.